The van der Waals surface area contributed by atoms with Crippen LogP contribution in [-0.2, 0) is 4.79 Å². The van der Waals surface area contributed by atoms with Gasteiger partial charge in [-0.15, -0.1) is 0 Å². The van der Waals surface area contributed by atoms with Gasteiger partial charge in [-0.3, -0.25) is 15.0 Å². The van der Waals surface area contributed by atoms with Crippen LogP contribution in [0, 0.1) is 5.82 Å². The predicted molar refractivity (Wildman–Crippen MR) is 102 cm³/mol. The Balaban J connectivity index is 1.82. The van der Waals surface area contributed by atoms with Crippen LogP contribution in [0.5, 0.6) is 5.75 Å². The highest BCUT2D eigenvalue weighted by molar-refractivity contribution is 8.26. The molecule has 1 aliphatic heterocycles. The average Bonchev–Trinajstić information content (AvgIpc) is 2.91. The third-order valence-electron chi connectivity index (χ3n) is 3.55. The summed E-state index contributed by atoms with van der Waals surface area (Å²) in [7, 11) is 1.45. The van der Waals surface area contributed by atoms with Crippen LogP contribution in [0.1, 0.15) is 15.9 Å². The number of hydrazine groups is 1. The Labute approximate surface area is 158 Å². The number of nitrogens with zero attached hydrogens (tertiary/aromatic N) is 1. The zero-order valence-corrected chi connectivity index (χ0v) is 15.2. The minimum atomic E-state index is -0.536. The van der Waals surface area contributed by atoms with E-state index in [9.17, 15) is 14.0 Å². The highest BCUT2D eigenvalue weighted by Crippen LogP contribution is 2.32. The molecule has 8 heteroatoms. The number of nitrogens with one attached hydrogen (secondary N) is 1. The van der Waals surface area contributed by atoms with Crippen molar-refractivity contribution in [3.05, 3.63) is 70.4 Å². The summed E-state index contributed by atoms with van der Waals surface area (Å²) in [6, 6.07) is 12.7. The number of carbonyl (C=O) groups is 2. The van der Waals surface area contributed by atoms with Crippen molar-refractivity contribution < 1.29 is 18.7 Å². The summed E-state index contributed by atoms with van der Waals surface area (Å²) < 4.78 is 19.1. The van der Waals surface area contributed by atoms with Crippen molar-refractivity contribution in [2.24, 2.45) is 0 Å². The van der Waals surface area contributed by atoms with Gasteiger partial charge in [0.25, 0.3) is 11.8 Å². The number of thioether (sulfide) groups is 1. The van der Waals surface area contributed by atoms with Crippen LogP contribution in [0.15, 0.2) is 53.4 Å². The van der Waals surface area contributed by atoms with E-state index in [2.05, 4.69) is 5.43 Å². The van der Waals surface area contributed by atoms with E-state index in [-0.39, 0.29) is 20.4 Å². The molecule has 0 unspecified atom stereocenters. The van der Waals surface area contributed by atoms with Crippen LogP contribution in [0.2, 0.25) is 0 Å². The molecule has 1 aliphatic rings. The van der Waals surface area contributed by atoms with Crippen LogP contribution in [0.3, 0.4) is 0 Å². The van der Waals surface area contributed by atoms with E-state index >= 15 is 0 Å². The number of rotatable bonds is 4. The van der Waals surface area contributed by atoms with Gasteiger partial charge in [0.05, 0.1) is 17.6 Å². The Morgan fingerprint density at radius 2 is 1.92 bits per heavy atom. The quantitative estimate of drug-likeness (QED) is 0.643. The lowest BCUT2D eigenvalue weighted by Gasteiger charge is -2.16. The molecule has 26 heavy (non-hydrogen) atoms. The maximum absolute atomic E-state index is 13.8. The molecule has 2 amide bonds. The molecule has 1 fully saturated rings. The predicted octanol–water partition coefficient (Wildman–Crippen LogP) is 3.38. The normalized spacial score (nSPS) is 15.5. The number of amides is 2. The van der Waals surface area contributed by atoms with E-state index in [1.54, 1.807) is 42.5 Å². The summed E-state index contributed by atoms with van der Waals surface area (Å²) in [6.07, 6.45) is 1.41. The van der Waals surface area contributed by atoms with Gasteiger partial charge in [-0.05, 0) is 36.5 Å². The summed E-state index contributed by atoms with van der Waals surface area (Å²) >= 11 is 6.15. The van der Waals surface area contributed by atoms with Crippen LogP contribution in [0.25, 0.3) is 6.08 Å². The van der Waals surface area contributed by atoms with Crippen molar-refractivity contribution >= 4 is 46.2 Å². The van der Waals surface area contributed by atoms with Gasteiger partial charge in [-0.1, -0.05) is 42.1 Å². The van der Waals surface area contributed by atoms with Gasteiger partial charge in [-0.2, -0.15) is 5.01 Å². The first-order valence-electron chi connectivity index (χ1n) is 7.47. The van der Waals surface area contributed by atoms with Crippen molar-refractivity contribution in [2.45, 2.75) is 0 Å². The summed E-state index contributed by atoms with van der Waals surface area (Å²) in [5.41, 5.74) is 3.00. The monoisotopic (exact) mass is 388 g/mol. The molecule has 5 nitrogen and oxygen atoms in total. The molecule has 0 aliphatic carbocycles. The standard InChI is InChI=1S/C18H13FN2O3S2/c1-24-14-9-5-3-7-12(14)16(22)20-21-17(23)15(26-18(21)25)10-11-6-2-4-8-13(11)19/h2-10H,1H3,(H,20,22)/b15-10+. The van der Waals surface area contributed by atoms with E-state index in [4.69, 9.17) is 17.0 Å². The lowest BCUT2D eigenvalue weighted by molar-refractivity contribution is -0.123. The third kappa shape index (κ3) is 3.61. The molecular weight excluding hydrogens is 375 g/mol. The number of ether oxygens (including phenoxy) is 1. The van der Waals surface area contributed by atoms with Gasteiger partial charge in [0, 0.05) is 5.56 Å². The first-order valence-corrected chi connectivity index (χ1v) is 8.70. The Morgan fingerprint density at radius 3 is 2.65 bits per heavy atom. The van der Waals surface area contributed by atoms with E-state index in [0.29, 0.717) is 5.75 Å². The minimum Gasteiger partial charge on any atom is -0.496 e. The molecule has 0 saturated carbocycles. The fourth-order valence-electron chi connectivity index (χ4n) is 2.29. The van der Waals surface area contributed by atoms with Crippen LogP contribution < -0.4 is 10.2 Å². The second kappa shape index (κ2) is 7.67. The number of hydrogen-bond acceptors (Lipinski definition) is 5. The van der Waals surface area contributed by atoms with Crippen LogP contribution in [0.4, 0.5) is 4.39 Å². The molecular formula is C18H13FN2O3S2. The molecule has 0 bridgehead atoms. The lowest BCUT2D eigenvalue weighted by atomic mass is 10.2. The Kier molecular flexibility index (Phi) is 5.34. The second-order valence-corrected chi connectivity index (χ2v) is 6.86. The molecule has 132 valence electrons. The Morgan fingerprint density at radius 1 is 1.23 bits per heavy atom. The van der Waals surface area contributed by atoms with Crippen molar-refractivity contribution in [1.82, 2.24) is 10.4 Å². The van der Waals surface area contributed by atoms with Gasteiger partial charge >= 0.3 is 0 Å². The minimum absolute atomic E-state index is 0.154. The van der Waals surface area contributed by atoms with Gasteiger partial charge in [0.1, 0.15) is 11.6 Å². The molecule has 1 saturated heterocycles. The van der Waals surface area contributed by atoms with E-state index in [1.807, 2.05) is 0 Å². The second-order valence-electron chi connectivity index (χ2n) is 5.18. The molecule has 0 radical (unpaired) electrons. The number of para-hydroxylation sites is 1. The number of benzene rings is 2. The number of halogens is 1. The van der Waals surface area contributed by atoms with Crippen molar-refractivity contribution in [3.63, 3.8) is 0 Å². The SMILES string of the molecule is COc1ccccc1C(=O)NN1C(=O)/C(=C\c2ccccc2F)SC1=S. The number of thiocarbonyl (C=S) groups is 1. The number of hydrogen-bond donors (Lipinski definition) is 1. The first-order chi connectivity index (χ1) is 12.5. The van der Waals surface area contributed by atoms with Crippen molar-refractivity contribution in [3.8, 4) is 5.75 Å². The highest BCUT2D eigenvalue weighted by atomic mass is 32.2. The number of carbonyl (C=O) groups excluding carboxylic acids is 2. The molecule has 0 aromatic heterocycles. The summed E-state index contributed by atoms with van der Waals surface area (Å²) in [6.45, 7) is 0. The molecule has 1 heterocycles. The third-order valence-corrected chi connectivity index (χ3v) is 4.85. The van der Waals surface area contributed by atoms with Gasteiger partial charge in [0.2, 0.25) is 0 Å². The molecule has 2 aromatic carbocycles. The van der Waals surface area contributed by atoms with Crippen molar-refractivity contribution in [1.29, 1.82) is 0 Å². The summed E-state index contributed by atoms with van der Waals surface area (Å²) in [4.78, 5) is 25.2. The van der Waals surface area contributed by atoms with Crippen molar-refractivity contribution in [2.75, 3.05) is 7.11 Å². The fraction of sp³-hybridized carbons (Fsp3) is 0.0556. The van der Waals surface area contributed by atoms with E-state index in [0.717, 1.165) is 16.8 Å². The van der Waals surface area contributed by atoms with E-state index < -0.39 is 17.6 Å². The maximum Gasteiger partial charge on any atom is 0.285 e. The Hall–Kier alpha value is -2.71. The zero-order valence-electron chi connectivity index (χ0n) is 13.6. The largest absolute Gasteiger partial charge is 0.496 e. The number of methoxy groups -OCH3 is 1. The molecule has 1 N–H and O–H groups in total. The maximum atomic E-state index is 13.8. The van der Waals surface area contributed by atoms with Crippen LogP contribution in [-0.4, -0.2) is 28.3 Å². The average molecular weight is 388 g/mol. The van der Waals surface area contributed by atoms with Gasteiger partial charge < -0.3 is 4.74 Å². The topological polar surface area (TPSA) is 58.6 Å². The molecule has 2 aromatic rings. The zero-order chi connectivity index (χ0) is 18.7. The first kappa shape index (κ1) is 18.1. The van der Waals surface area contributed by atoms with Gasteiger partial charge in [-0.25, -0.2) is 4.39 Å². The fourth-order valence-corrected chi connectivity index (χ4v) is 3.46. The van der Waals surface area contributed by atoms with Gasteiger partial charge in [0.15, 0.2) is 4.32 Å². The highest BCUT2D eigenvalue weighted by Gasteiger charge is 2.34. The Bertz CT molecular complexity index is 930. The smallest absolute Gasteiger partial charge is 0.285 e. The summed E-state index contributed by atoms with van der Waals surface area (Å²) in [5, 5.41) is 0.974. The lowest BCUT2D eigenvalue weighted by Crippen LogP contribution is -2.44. The van der Waals surface area contributed by atoms with Crippen LogP contribution >= 0.6 is 24.0 Å². The molecule has 0 atom stereocenters. The molecule has 3 rings (SSSR count). The molecule has 0 spiro atoms. The summed E-state index contributed by atoms with van der Waals surface area (Å²) in [5.74, 6) is -1.13. The van der Waals surface area contributed by atoms with E-state index in [1.165, 1.54) is 19.3 Å².